The molecule has 0 radical (unpaired) electrons. The van der Waals surface area contributed by atoms with Crippen molar-refractivity contribution in [2.75, 3.05) is 18.5 Å². The Morgan fingerprint density at radius 2 is 1.86 bits per heavy atom. The van der Waals surface area contributed by atoms with Crippen molar-refractivity contribution < 1.29 is 34.1 Å². The number of aromatic hydroxyl groups is 2. The highest BCUT2D eigenvalue weighted by Crippen LogP contribution is 2.31. The molecule has 9 heteroatoms. The third-order valence-electron chi connectivity index (χ3n) is 3.76. The molecule has 0 saturated carbocycles. The molecule has 0 aliphatic heterocycles. The Hall–Kier alpha value is -3.07. The van der Waals surface area contributed by atoms with Gasteiger partial charge in [-0.25, -0.2) is 9.59 Å². The van der Waals surface area contributed by atoms with Crippen LogP contribution in [0.2, 0.25) is 0 Å². The van der Waals surface area contributed by atoms with Gasteiger partial charge in [-0.05, 0) is 42.3 Å². The highest BCUT2D eigenvalue weighted by molar-refractivity contribution is 7.15. The van der Waals surface area contributed by atoms with Gasteiger partial charge in [0.05, 0.1) is 12.2 Å². The maximum Gasteiger partial charge on any atom is 0.342 e. The topological polar surface area (TPSA) is 122 Å². The lowest BCUT2D eigenvalue weighted by atomic mass is 10.0. The molecule has 1 heterocycles. The van der Waals surface area contributed by atoms with Gasteiger partial charge in [-0.15, -0.1) is 11.3 Å². The van der Waals surface area contributed by atoms with Crippen LogP contribution in [0.1, 0.15) is 47.1 Å². The first-order valence-corrected chi connectivity index (χ1v) is 9.87. The Kier molecular flexibility index (Phi) is 7.60. The van der Waals surface area contributed by atoms with Crippen molar-refractivity contribution >= 4 is 34.2 Å². The number of rotatable bonds is 8. The van der Waals surface area contributed by atoms with E-state index in [4.69, 9.17) is 9.47 Å². The van der Waals surface area contributed by atoms with Gasteiger partial charge in [0.2, 0.25) is 0 Å². The number of ether oxygens (including phenoxy) is 2. The van der Waals surface area contributed by atoms with Gasteiger partial charge in [-0.2, -0.15) is 0 Å². The number of benzene rings is 1. The van der Waals surface area contributed by atoms with E-state index in [0.717, 1.165) is 11.6 Å². The highest BCUT2D eigenvalue weighted by Gasteiger charge is 2.23. The molecule has 0 aliphatic rings. The lowest BCUT2D eigenvalue weighted by molar-refractivity contribution is -0.119. The molecule has 1 aromatic heterocycles. The molecule has 0 fully saturated rings. The molecule has 8 nitrogen and oxygen atoms in total. The summed E-state index contributed by atoms with van der Waals surface area (Å²) in [7, 11) is 0. The second kappa shape index (κ2) is 9.92. The fourth-order valence-corrected chi connectivity index (χ4v) is 3.55. The minimum absolute atomic E-state index is 0.182. The maximum atomic E-state index is 12.3. The number of esters is 2. The summed E-state index contributed by atoms with van der Waals surface area (Å²) in [6, 6.07) is 3.38. The van der Waals surface area contributed by atoms with E-state index in [2.05, 4.69) is 5.32 Å². The minimum atomic E-state index is -0.921. The van der Waals surface area contributed by atoms with Crippen LogP contribution in [0, 0.1) is 5.92 Å². The van der Waals surface area contributed by atoms with E-state index >= 15 is 0 Å². The summed E-state index contributed by atoms with van der Waals surface area (Å²) in [4.78, 5) is 36.5. The number of anilines is 1. The van der Waals surface area contributed by atoms with Crippen LogP contribution in [0.5, 0.6) is 11.5 Å². The second-order valence-electron chi connectivity index (χ2n) is 6.61. The number of hydrogen-bond donors (Lipinski definition) is 3. The summed E-state index contributed by atoms with van der Waals surface area (Å²) < 4.78 is 9.99. The molecule has 1 amide bonds. The van der Waals surface area contributed by atoms with Crippen molar-refractivity contribution in [1.29, 1.82) is 0 Å². The van der Waals surface area contributed by atoms with Crippen LogP contribution in [0.4, 0.5) is 5.00 Å². The van der Waals surface area contributed by atoms with Gasteiger partial charge in [-0.1, -0.05) is 13.8 Å². The maximum absolute atomic E-state index is 12.3. The number of nitrogens with one attached hydrogen (secondary N) is 1. The van der Waals surface area contributed by atoms with Crippen LogP contribution < -0.4 is 5.32 Å². The summed E-state index contributed by atoms with van der Waals surface area (Å²) in [6.07, 6.45) is 0.648. The van der Waals surface area contributed by atoms with Crippen LogP contribution in [0.25, 0.3) is 0 Å². The number of thiophene rings is 1. The smallest absolute Gasteiger partial charge is 0.342 e. The van der Waals surface area contributed by atoms with E-state index < -0.39 is 30.2 Å². The van der Waals surface area contributed by atoms with Crippen molar-refractivity contribution in [2.24, 2.45) is 5.92 Å². The Bertz CT molecular complexity index is 904. The zero-order valence-electron chi connectivity index (χ0n) is 16.4. The van der Waals surface area contributed by atoms with Crippen LogP contribution in [-0.4, -0.2) is 41.3 Å². The Balaban J connectivity index is 2.07. The molecule has 0 spiro atoms. The van der Waals surface area contributed by atoms with E-state index in [-0.39, 0.29) is 17.9 Å². The molecule has 2 rings (SSSR count). The molecule has 29 heavy (non-hydrogen) atoms. The van der Waals surface area contributed by atoms with Crippen molar-refractivity contribution in [1.82, 2.24) is 0 Å². The van der Waals surface area contributed by atoms with Crippen molar-refractivity contribution in [3.8, 4) is 11.5 Å². The lowest BCUT2D eigenvalue weighted by Crippen LogP contribution is -2.22. The standard InChI is InChI=1S/C20H23NO7S/c1-4-27-20(26)17-12(7-11(2)3)10-29-18(17)21-16(24)9-28-19(25)14-6-5-13(22)8-15(14)23/h5-6,8,10-11,22-23H,4,7,9H2,1-3H3,(H,21,24). The first-order chi connectivity index (χ1) is 13.7. The Morgan fingerprint density at radius 3 is 2.48 bits per heavy atom. The molecular weight excluding hydrogens is 398 g/mol. The number of phenols is 2. The van der Waals surface area contributed by atoms with Gasteiger partial charge in [0.1, 0.15) is 22.1 Å². The number of phenolic OH excluding ortho intramolecular Hbond substituents is 2. The van der Waals surface area contributed by atoms with Crippen LogP contribution >= 0.6 is 11.3 Å². The number of carbonyl (C=O) groups excluding carboxylic acids is 3. The van der Waals surface area contributed by atoms with Gasteiger partial charge in [-0.3, -0.25) is 4.79 Å². The Labute approximate surface area is 172 Å². The van der Waals surface area contributed by atoms with Crippen LogP contribution in [0.3, 0.4) is 0 Å². The first kappa shape index (κ1) is 22.2. The average Bonchev–Trinajstić information content (AvgIpc) is 3.01. The van der Waals surface area contributed by atoms with Gasteiger partial charge < -0.3 is 25.0 Å². The van der Waals surface area contributed by atoms with Crippen LogP contribution in [-0.2, 0) is 20.7 Å². The zero-order valence-corrected chi connectivity index (χ0v) is 17.2. The van der Waals surface area contributed by atoms with E-state index in [1.807, 2.05) is 13.8 Å². The molecule has 1 aromatic carbocycles. The van der Waals surface area contributed by atoms with Gasteiger partial charge in [0, 0.05) is 6.07 Å². The highest BCUT2D eigenvalue weighted by atomic mass is 32.1. The predicted octanol–water partition coefficient (Wildman–Crippen LogP) is 3.33. The van der Waals surface area contributed by atoms with Gasteiger partial charge in [0.15, 0.2) is 6.61 Å². The van der Waals surface area contributed by atoms with E-state index in [1.165, 1.54) is 23.5 Å². The molecule has 0 saturated heterocycles. The minimum Gasteiger partial charge on any atom is -0.508 e. The van der Waals surface area contributed by atoms with Crippen LogP contribution in [0.15, 0.2) is 23.6 Å². The third kappa shape index (κ3) is 5.95. The van der Waals surface area contributed by atoms with Crippen molar-refractivity contribution in [3.05, 3.63) is 40.3 Å². The van der Waals surface area contributed by atoms with E-state index in [1.54, 1.807) is 12.3 Å². The number of amides is 1. The predicted molar refractivity (Wildman–Crippen MR) is 108 cm³/mol. The molecule has 3 N–H and O–H groups in total. The summed E-state index contributed by atoms with van der Waals surface area (Å²) in [5, 5.41) is 23.6. The zero-order chi connectivity index (χ0) is 21.6. The van der Waals surface area contributed by atoms with Gasteiger partial charge in [0.25, 0.3) is 5.91 Å². The number of hydrogen-bond acceptors (Lipinski definition) is 8. The number of carbonyl (C=O) groups is 3. The van der Waals surface area contributed by atoms with Gasteiger partial charge >= 0.3 is 11.9 Å². The summed E-state index contributed by atoms with van der Waals surface area (Å²) in [5.41, 5.74) is 0.907. The second-order valence-corrected chi connectivity index (χ2v) is 7.49. The molecule has 0 unspecified atom stereocenters. The Morgan fingerprint density at radius 1 is 1.14 bits per heavy atom. The largest absolute Gasteiger partial charge is 0.508 e. The lowest BCUT2D eigenvalue weighted by Gasteiger charge is -2.10. The summed E-state index contributed by atoms with van der Waals surface area (Å²) >= 11 is 1.19. The van der Waals surface area contributed by atoms with E-state index in [0.29, 0.717) is 22.9 Å². The van der Waals surface area contributed by atoms with E-state index in [9.17, 15) is 24.6 Å². The average molecular weight is 421 g/mol. The van der Waals surface area contributed by atoms with Crippen molar-refractivity contribution in [2.45, 2.75) is 27.2 Å². The third-order valence-corrected chi connectivity index (χ3v) is 4.71. The molecule has 0 bridgehead atoms. The SMILES string of the molecule is CCOC(=O)c1c(CC(C)C)csc1NC(=O)COC(=O)c1ccc(O)cc1O. The monoisotopic (exact) mass is 421 g/mol. The summed E-state index contributed by atoms with van der Waals surface area (Å²) in [5.74, 6) is -2.45. The molecule has 2 aromatic rings. The normalized spacial score (nSPS) is 10.6. The molecule has 156 valence electrons. The molecular formula is C20H23NO7S. The fourth-order valence-electron chi connectivity index (χ4n) is 2.57. The molecule has 0 aliphatic carbocycles. The fraction of sp³-hybridized carbons (Fsp3) is 0.350. The first-order valence-electron chi connectivity index (χ1n) is 8.99. The quantitative estimate of drug-likeness (QED) is 0.559. The molecule has 0 atom stereocenters. The van der Waals surface area contributed by atoms with Crippen molar-refractivity contribution in [3.63, 3.8) is 0 Å². The summed E-state index contributed by atoms with van der Waals surface area (Å²) in [6.45, 7) is 5.32.